The highest BCUT2D eigenvalue weighted by Crippen LogP contribution is 2.43. The zero-order valence-corrected chi connectivity index (χ0v) is 16.2. The summed E-state index contributed by atoms with van der Waals surface area (Å²) >= 11 is 0. The largest absolute Gasteiger partial charge is 0.455 e. The van der Waals surface area contributed by atoms with Crippen LogP contribution < -0.4 is 0 Å². The van der Waals surface area contributed by atoms with Gasteiger partial charge in [0.25, 0.3) is 0 Å². The highest BCUT2D eigenvalue weighted by Gasteiger charge is 2.62. The van der Waals surface area contributed by atoms with Gasteiger partial charge in [-0.1, -0.05) is 47.8 Å². The van der Waals surface area contributed by atoms with Crippen molar-refractivity contribution in [3.8, 4) is 0 Å². The number of alkyl halides is 3. The Balaban J connectivity index is 5.68. The standard InChI is InChI=1S/C17H26F3O4P/c1-7-11-15(3,4)13(10-8-9-12(2)21)24-14(22)16(23-5,25-6)17(18,19)20/h8,10,13H,6-7,9,11H2,1-5H3/b10-8+. The minimum Gasteiger partial charge on any atom is -0.455 e. The number of allylic oxidation sites excluding steroid dienone is 1. The molecule has 0 spiro atoms. The number of carbonyl (C=O) groups excluding carboxylic acids is 2. The Kier molecular flexibility index (Phi) is 9.03. The quantitative estimate of drug-likeness (QED) is 0.316. The Morgan fingerprint density at radius 3 is 2.20 bits per heavy atom. The predicted octanol–water partition coefficient (Wildman–Crippen LogP) is 4.54. The number of hydrogen-bond donors (Lipinski definition) is 0. The summed E-state index contributed by atoms with van der Waals surface area (Å²) in [6.45, 7) is 6.89. The fraction of sp³-hybridized carbons (Fsp3) is 0.706. The van der Waals surface area contributed by atoms with Gasteiger partial charge >= 0.3 is 17.5 Å². The SMILES string of the molecule is C=PC(OC)(C(=O)OC(/C=C/CC(C)=O)C(C)(C)CCC)C(F)(F)F. The summed E-state index contributed by atoms with van der Waals surface area (Å²) in [4.78, 5) is 23.4. The van der Waals surface area contributed by atoms with Gasteiger partial charge in [-0.2, -0.15) is 13.2 Å². The van der Waals surface area contributed by atoms with Gasteiger partial charge < -0.3 is 9.47 Å². The fourth-order valence-electron chi connectivity index (χ4n) is 2.33. The summed E-state index contributed by atoms with van der Waals surface area (Å²) in [5, 5.41) is -3.14. The first kappa shape index (κ1) is 23.8. The van der Waals surface area contributed by atoms with Gasteiger partial charge in [0, 0.05) is 18.9 Å². The summed E-state index contributed by atoms with van der Waals surface area (Å²) in [5.41, 5.74) is -0.610. The van der Waals surface area contributed by atoms with Crippen molar-refractivity contribution < 1.29 is 32.2 Å². The van der Waals surface area contributed by atoms with Gasteiger partial charge in [0.05, 0.1) is 0 Å². The average Bonchev–Trinajstić information content (AvgIpc) is 2.46. The molecule has 4 nitrogen and oxygen atoms in total. The molecule has 0 amide bonds. The number of Topliss-reactive ketones (excluding diaryl/α,β-unsaturated/α-hetero) is 1. The van der Waals surface area contributed by atoms with E-state index in [0.29, 0.717) is 6.42 Å². The van der Waals surface area contributed by atoms with Crippen molar-refractivity contribution in [1.29, 1.82) is 0 Å². The third kappa shape index (κ3) is 6.23. The lowest BCUT2D eigenvalue weighted by atomic mass is 9.81. The summed E-state index contributed by atoms with van der Waals surface area (Å²) < 4.78 is 49.7. The number of ether oxygens (including phenoxy) is 2. The Labute approximate surface area is 148 Å². The number of halogens is 3. The van der Waals surface area contributed by atoms with E-state index in [4.69, 9.17) is 4.74 Å². The molecule has 0 aliphatic heterocycles. The van der Waals surface area contributed by atoms with Crippen LogP contribution in [0.3, 0.4) is 0 Å². The normalized spacial score (nSPS) is 16.6. The van der Waals surface area contributed by atoms with E-state index in [-0.39, 0.29) is 12.2 Å². The molecule has 0 aromatic rings. The first-order chi connectivity index (χ1) is 11.4. The molecule has 0 saturated heterocycles. The molecule has 0 aromatic heterocycles. The molecule has 0 aliphatic carbocycles. The van der Waals surface area contributed by atoms with E-state index in [1.807, 2.05) is 6.92 Å². The summed E-state index contributed by atoms with van der Waals surface area (Å²) in [7, 11) is 0.227. The van der Waals surface area contributed by atoms with Crippen LogP contribution in [0.2, 0.25) is 0 Å². The van der Waals surface area contributed by atoms with E-state index in [9.17, 15) is 22.8 Å². The van der Waals surface area contributed by atoms with Gasteiger partial charge in [-0.3, -0.25) is 4.79 Å². The smallest absolute Gasteiger partial charge is 0.436 e. The molecule has 0 radical (unpaired) electrons. The maximum absolute atomic E-state index is 13.3. The first-order valence-corrected chi connectivity index (χ1v) is 8.92. The Hall–Kier alpha value is -1.20. The van der Waals surface area contributed by atoms with Crippen molar-refractivity contribution >= 4 is 26.3 Å². The topological polar surface area (TPSA) is 52.6 Å². The molecule has 2 atom stereocenters. The van der Waals surface area contributed by atoms with Gasteiger partial charge in [0.2, 0.25) is 0 Å². The van der Waals surface area contributed by atoms with Crippen molar-refractivity contribution in [2.24, 2.45) is 5.41 Å². The van der Waals surface area contributed by atoms with Crippen LogP contribution in [-0.4, -0.2) is 42.8 Å². The molecule has 0 bridgehead atoms. The molecule has 144 valence electrons. The van der Waals surface area contributed by atoms with Crippen LogP contribution in [0.4, 0.5) is 13.2 Å². The third-order valence-corrected chi connectivity index (χ3v) is 4.86. The Bertz CT molecular complexity index is 515. The molecule has 0 rings (SSSR count). The number of ketones is 1. The second-order valence-corrected chi connectivity index (χ2v) is 7.35. The van der Waals surface area contributed by atoms with Crippen molar-refractivity contribution in [2.45, 2.75) is 64.6 Å². The lowest BCUT2D eigenvalue weighted by Gasteiger charge is -2.35. The van der Waals surface area contributed by atoms with E-state index in [2.05, 4.69) is 11.0 Å². The van der Waals surface area contributed by atoms with Gasteiger partial charge in [-0.25, -0.2) is 4.79 Å². The van der Waals surface area contributed by atoms with E-state index in [0.717, 1.165) is 13.5 Å². The van der Waals surface area contributed by atoms with Gasteiger partial charge in [-0.15, -0.1) is 0 Å². The van der Waals surface area contributed by atoms with Crippen LogP contribution in [0.5, 0.6) is 0 Å². The van der Waals surface area contributed by atoms with Gasteiger partial charge in [0.15, 0.2) is 0 Å². The zero-order valence-electron chi connectivity index (χ0n) is 15.3. The van der Waals surface area contributed by atoms with Crippen LogP contribution in [0.25, 0.3) is 0 Å². The van der Waals surface area contributed by atoms with E-state index in [1.165, 1.54) is 19.1 Å². The highest BCUT2D eigenvalue weighted by molar-refractivity contribution is 7.39. The molecule has 0 aromatic carbocycles. The van der Waals surface area contributed by atoms with Crippen LogP contribution in [-0.2, 0) is 19.1 Å². The minimum atomic E-state index is -4.97. The molecule has 0 saturated carbocycles. The zero-order chi connectivity index (χ0) is 19.9. The molecule has 0 aliphatic rings. The Morgan fingerprint density at radius 2 is 1.84 bits per heavy atom. The molecule has 2 unspecified atom stereocenters. The van der Waals surface area contributed by atoms with E-state index < -0.39 is 37.2 Å². The maximum atomic E-state index is 13.3. The Morgan fingerprint density at radius 1 is 1.28 bits per heavy atom. The lowest BCUT2D eigenvalue weighted by Crippen LogP contribution is -2.51. The third-order valence-electron chi connectivity index (χ3n) is 3.79. The number of rotatable bonds is 10. The second-order valence-electron chi connectivity index (χ2n) is 6.40. The maximum Gasteiger partial charge on any atom is 0.436 e. The predicted molar refractivity (Wildman–Crippen MR) is 92.8 cm³/mol. The number of hydrogen-bond acceptors (Lipinski definition) is 4. The minimum absolute atomic E-state index is 0.104. The second kappa shape index (κ2) is 9.48. The molecule has 0 fully saturated rings. The average molecular weight is 382 g/mol. The fourth-order valence-corrected chi connectivity index (χ4v) is 2.82. The van der Waals surface area contributed by atoms with Crippen molar-refractivity contribution in [3.63, 3.8) is 0 Å². The molecule has 8 heteroatoms. The van der Waals surface area contributed by atoms with Crippen LogP contribution in [0.1, 0.15) is 47.0 Å². The summed E-state index contributed by atoms with van der Waals surface area (Å²) in [6, 6.07) is 0. The number of esters is 1. The molecule has 0 N–H and O–H groups in total. The lowest BCUT2D eigenvalue weighted by molar-refractivity contribution is -0.241. The molecular weight excluding hydrogens is 356 g/mol. The summed E-state index contributed by atoms with van der Waals surface area (Å²) in [5.74, 6) is -1.65. The van der Waals surface area contributed by atoms with Gasteiger partial charge in [-0.05, 0) is 19.4 Å². The highest BCUT2D eigenvalue weighted by atomic mass is 31.1. The van der Waals surface area contributed by atoms with E-state index in [1.54, 1.807) is 13.8 Å². The first-order valence-electron chi connectivity index (χ1n) is 7.85. The van der Waals surface area contributed by atoms with Crippen molar-refractivity contribution in [3.05, 3.63) is 12.2 Å². The molecule has 25 heavy (non-hydrogen) atoms. The van der Waals surface area contributed by atoms with Crippen molar-refractivity contribution in [2.75, 3.05) is 7.11 Å². The number of methoxy groups -OCH3 is 1. The summed E-state index contributed by atoms with van der Waals surface area (Å²) in [6.07, 6.45) is 1.72. The number of carbonyl (C=O) groups is 2. The van der Waals surface area contributed by atoms with E-state index >= 15 is 0 Å². The monoisotopic (exact) mass is 382 g/mol. The van der Waals surface area contributed by atoms with Crippen molar-refractivity contribution in [1.82, 2.24) is 0 Å². The molecule has 0 heterocycles. The molecular formula is C17H26F3O4P. The van der Waals surface area contributed by atoms with Gasteiger partial charge in [0.1, 0.15) is 11.9 Å². The van der Waals surface area contributed by atoms with Crippen LogP contribution in [0, 0.1) is 5.41 Å². The van der Waals surface area contributed by atoms with Crippen LogP contribution in [0.15, 0.2) is 12.2 Å². The van der Waals surface area contributed by atoms with Crippen LogP contribution >= 0.6 is 8.20 Å².